The lowest BCUT2D eigenvalue weighted by atomic mass is 10.1. The van der Waals surface area contributed by atoms with E-state index in [-0.39, 0.29) is 24.3 Å². The summed E-state index contributed by atoms with van der Waals surface area (Å²) in [7, 11) is 0. The highest BCUT2D eigenvalue weighted by atomic mass is 16.6. The van der Waals surface area contributed by atoms with Crippen molar-refractivity contribution in [3.63, 3.8) is 0 Å². The van der Waals surface area contributed by atoms with E-state index in [0.29, 0.717) is 5.56 Å². The summed E-state index contributed by atoms with van der Waals surface area (Å²) in [6.07, 6.45) is 0.319. The Morgan fingerprint density at radius 1 is 1.15 bits per heavy atom. The lowest BCUT2D eigenvalue weighted by Gasteiger charge is -2.04. The Bertz CT molecular complexity index is 762. The van der Waals surface area contributed by atoms with Crippen LogP contribution in [0.25, 0.3) is 0 Å². The third kappa shape index (κ3) is 2.74. The zero-order valence-corrected chi connectivity index (χ0v) is 10.3. The van der Waals surface area contributed by atoms with Crippen molar-refractivity contribution >= 4 is 5.69 Å². The van der Waals surface area contributed by atoms with E-state index >= 15 is 0 Å². The van der Waals surface area contributed by atoms with E-state index in [1.807, 2.05) is 4.98 Å². The molecule has 0 bridgehead atoms. The molecule has 0 saturated carbocycles. The van der Waals surface area contributed by atoms with Crippen molar-refractivity contribution in [2.75, 3.05) is 0 Å². The summed E-state index contributed by atoms with van der Waals surface area (Å²) in [5, 5.41) is 20.4. The average Bonchev–Trinajstić information content (AvgIpc) is 2.36. The molecule has 0 radical (unpaired) electrons. The number of rotatable bonds is 4. The number of nitrogens with zero attached hydrogens (tertiary/aromatic N) is 1. The zero-order valence-electron chi connectivity index (χ0n) is 10.3. The molecule has 2 aromatic rings. The Balaban J connectivity index is 2.35. The van der Waals surface area contributed by atoms with Crippen LogP contribution in [0.4, 0.5) is 5.69 Å². The monoisotopic (exact) mass is 277 g/mol. The number of nitrogens with one attached hydrogen (secondary N) is 2. The number of hydrogen-bond acceptors (Lipinski definition) is 5. The average molecular weight is 277 g/mol. The highest BCUT2D eigenvalue weighted by Crippen LogP contribution is 2.19. The van der Waals surface area contributed by atoms with Gasteiger partial charge in [-0.05, 0) is 24.5 Å². The first kappa shape index (κ1) is 13.5. The van der Waals surface area contributed by atoms with Gasteiger partial charge in [-0.25, -0.2) is 4.79 Å². The number of aromatic hydroxyl groups is 1. The topological polar surface area (TPSA) is 129 Å². The molecule has 1 aromatic heterocycles. The number of aromatic nitrogens is 2. The van der Waals surface area contributed by atoms with Crippen molar-refractivity contribution in [3.05, 3.63) is 66.5 Å². The van der Waals surface area contributed by atoms with E-state index in [4.69, 9.17) is 0 Å². The van der Waals surface area contributed by atoms with Crippen LogP contribution in [0.15, 0.2) is 33.9 Å². The summed E-state index contributed by atoms with van der Waals surface area (Å²) >= 11 is 0. The van der Waals surface area contributed by atoms with Crippen molar-refractivity contribution in [3.8, 4) is 5.75 Å². The van der Waals surface area contributed by atoms with Gasteiger partial charge < -0.3 is 10.1 Å². The number of H-pyrrole nitrogens is 2. The second kappa shape index (κ2) is 5.39. The van der Waals surface area contributed by atoms with Crippen molar-refractivity contribution in [1.29, 1.82) is 0 Å². The van der Waals surface area contributed by atoms with Crippen LogP contribution in [0.5, 0.6) is 5.75 Å². The van der Waals surface area contributed by atoms with Gasteiger partial charge in [-0.15, -0.1) is 0 Å². The lowest BCUT2D eigenvalue weighted by molar-refractivity contribution is -0.387. The zero-order chi connectivity index (χ0) is 14.7. The van der Waals surface area contributed by atoms with Crippen LogP contribution in [-0.2, 0) is 12.8 Å². The molecule has 8 heteroatoms. The molecule has 0 saturated heterocycles. The van der Waals surface area contributed by atoms with Crippen molar-refractivity contribution in [1.82, 2.24) is 9.97 Å². The quantitative estimate of drug-likeness (QED) is 0.552. The Morgan fingerprint density at radius 3 is 2.50 bits per heavy atom. The highest BCUT2D eigenvalue weighted by molar-refractivity contribution is 5.35. The number of para-hydroxylation sites is 1. The minimum absolute atomic E-state index is 0.0577. The van der Waals surface area contributed by atoms with Crippen LogP contribution in [-0.4, -0.2) is 20.0 Å². The molecule has 0 fully saturated rings. The van der Waals surface area contributed by atoms with Gasteiger partial charge in [-0.1, -0.05) is 18.2 Å². The number of hydrogen-bond donors (Lipinski definition) is 3. The van der Waals surface area contributed by atoms with Gasteiger partial charge in [0.15, 0.2) is 0 Å². The molecular weight excluding hydrogens is 266 g/mol. The summed E-state index contributed by atoms with van der Waals surface area (Å²) in [5.74, 6) is 0.0577. The number of benzene rings is 1. The molecule has 2 rings (SSSR count). The van der Waals surface area contributed by atoms with E-state index in [1.165, 1.54) is 6.07 Å². The Hall–Kier alpha value is -2.90. The molecule has 1 aromatic carbocycles. The molecule has 0 aliphatic rings. The number of aryl methyl sites for hydroxylation is 2. The molecule has 0 atom stereocenters. The van der Waals surface area contributed by atoms with Crippen molar-refractivity contribution < 1.29 is 10.0 Å². The van der Waals surface area contributed by atoms with Crippen LogP contribution in [0.2, 0.25) is 0 Å². The van der Waals surface area contributed by atoms with Gasteiger partial charge in [0.25, 0.3) is 0 Å². The maximum atomic E-state index is 11.4. The number of phenols is 1. The summed E-state index contributed by atoms with van der Waals surface area (Å²) in [4.78, 5) is 36.7. The molecule has 0 spiro atoms. The van der Waals surface area contributed by atoms with Gasteiger partial charge in [0, 0.05) is 0 Å². The van der Waals surface area contributed by atoms with Crippen LogP contribution in [0.1, 0.15) is 11.3 Å². The van der Waals surface area contributed by atoms with E-state index in [2.05, 4.69) is 4.98 Å². The van der Waals surface area contributed by atoms with Crippen LogP contribution in [0.3, 0.4) is 0 Å². The van der Waals surface area contributed by atoms with Crippen LogP contribution < -0.4 is 11.2 Å². The second-order valence-electron chi connectivity index (χ2n) is 4.12. The third-order valence-corrected chi connectivity index (χ3v) is 2.81. The molecule has 0 aliphatic heterocycles. The fourth-order valence-electron chi connectivity index (χ4n) is 1.88. The first-order chi connectivity index (χ1) is 9.49. The summed E-state index contributed by atoms with van der Waals surface area (Å²) in [5.41, 5.74) is -2.01. The molecule has 0 unspecified atom stereocenters. The Labute approximate surface area is 111 Å². The summed E-state index contributed by atoms with van der Waals surface area (Å²) in [6.45, 7) is 0. The summed E-state index contributed by atoms with van der Waals surface area (Å²) in [6, 6.07) is 6.51. The lowest BCUT2D eigenvalue weighted by Crippen LogP contribution is -2.27. The molecule has 1 heterocycles. The largest absolute Gasteiger partial charge is 0.508 e. The van der Waals surface area contributed by atoms with E-state index in [9.17, 15) is 24.8 Å². The SMILES string of the molecule is O=c1[nH]c(CCc2ccccc2O)c([N+](=O)[O-])c(=O)[nH]1. The van der Waals surface area contributed by atoms with Crippen LogP contribution >= 0.6 is 0 Å². The predicted molar refractivity (Wildman–Crippen MR) is 69.9 cm³/mol. The van der Waals surface area contributed by atoms with Gasteiger partial charge in [-0.3, -0.25) is 19.9 Å². The van der Waals surface area contributed by atoms with Gasteiger partial charge in [0.1, 0.15) is 11.4 Å². The molecule has 104 valence electrons. The molecule has 0 aliphatic carbocycles. The molecule has 8 nitrogen and oxygen atoms in total. The maximum absolute atomic E-state index is 11.4. The molecule has 0 amide bonds. The van der Waals surface area contributed by atoms with Crippen molar-refractivity contribution in [2.24, 2.45) is 0 Å². The number of phenolic OH excluding ortho intramolecular Hbond substituents is 1. The van der Waals surface area contributed by atoms with E-state index in [0.717, 1.165) is 0 Å². The minimum atomic E-state index is -1.04. The second-order valence-corrected chi connectivity index (χ2v) is 4.12. The smallest absolute Gasteiger partial charge is 0.353 e. The van der Waals surface area contributed by atoms with E-state index < -0.39 is 21.9 Å². The third-order valence-electron chi connectivity index (χ3n) is 2.81. The first-order valence-electron chi connectivity index (χ1n) is 5.76. The minimum Gasteiger partial charge on any atom is -0.508 e. The van der Waals surface area contributed by atoms with Gasteiger partial charge in [0.2, 0.25) is 0 Å². The number of nitro groups is 1. The predicted octanol–water partition coefficient (Wildman–Crippen LogP) is 0.462. The normalized spacial score (nSPS) is 10.4. The molecule has 3 N–H and O–H groups in total. The Kier molecular flexibility index (Phi) is 3.65. The van der Waals surface area contributed by atoms with Crippen molar-refractivity contribution in [2.45, 2.75) is 12.8 Å². The first-order valence-corrected chi connectivity index (χ1v) is 5.76. The fourth-order valence-corrected chi connectivity index (χ4v) is 1.88. The van der Waals surface area contributed by atoms with Gasteiger partial charge >= 0.3 is 16.9 Å². The maximum Gasteiger partial charge on any atom is 0.353 e. The Morgan fingerprint density at radius 2 is 1.85 bits per heavy atom. The van der Waals surface area contributed by atoms with Gasteiger partial charge in [-0.2, -0.15) is 0 Å². The molecular formula is C12H11N3O5. The van der Waals surface area contributed by atoms with E-state index in [1.54, 1.807) is 18.2 Å². The number of aromatic amines is 2. The highest BCUT2D eigenvalue weighted by Gasteiger charge is 2.20. The fraction of sp³-hybridized carbons (Fsp3) is 0.167. The van der Waals surface area contributed by atoms with Crippen LogP contribution in [0, 0.1) is 10.1 Å². The molecule has 20 heavy (non-hydrogen) atoms. The summed E-state index contributed by atoms with van der Waals surface area (Å²) < 4.78 is 0. The van der Waals surface area contributed by atoms with Gasteiger partial charge in [0.05, 0.1) is 4.92 Å². The standard InChI is InChI=1S/C12H11N3O5/c16-9-4-2-1-3-7(9)5-6-8-10(15(19)20)11(17)14-12(18)13-8/h1-4,16H,5-6H2,(H2,13,14,17,18).